The maximum Gasteiger partial charge on any atom is 0.214 e. The highest BCUT2D eigenvalue weighted by Gasteiger charge is 2.53. The van der Waals surface area contributed by atoms with E-state index in [1.165, 1.54) is 37.1 Å². The quantitative estimate of drug-likeness (QED) is 0.332. The van der Waals surface area contributed by atoms with Gasteiger partial charge in [0.15, 0.2) is 0 Å². The van der Waals surface area contributed by atoms with Gasteiger partial charge in [-0.3, -0.25) is 0 Å². The van der Waals surface area contributed by atoms with Gasteiger partial charge in [-0.15, -0.1) is 0 Å². The Labute approximate surface area is 232 Å². The fraction of sp³-hybridized carbons (Fsp3) is 0.333. The molecule has 4 aliphatic rings. The van der Waals surface area contributed by atoms with Crippen LogP contribution < -0.4 is 10.1 Å². The van der Waals surface area contributed by atoms with Crippen molar-refractivity contribution in [3.05, 3.63) is 107 Å². The lowest BCUT2D eigenvalue weighted by atomic mass is 9.60. The van der Waals surface area contributed by atoms with Crippen LogP contribution in [0.5, 0.6) is 5.88 Å². The second kappa shape index (κ2) is 10.3. The monoisotopic (exact) mass is 541 g/mol. The number of pyridine rings is 1. The number of halogens is 3. The topological polar surface area (TPSA) is 57.9 Å². The van der Waals surface area contributed by atoms with Crippen molar-refractivity contribution >= 4 is 0 Å². The van der Waals surface area contributed by atoms with Gasteiger partial charge in [-0.2, -0.15) is 5.26 Å². The van der Waals surface area contributed by atoms with Crippen molar-refractivity contribution in [2.24, 2.45) is 17.3 Å². The van der Waals surface area contributed by atoms with Crippen molar-refractivity contribution in [3.63, 3.8) is 0 Å². The Kier molecular flexibility index (Phi) is 6.75. The minimum atomic E-state index is -0.561. The Morgan fingerprint density at radius 1 is 1.02 bits per heavy atom. The third-order valence-corrected chi connectivity index (χ3v) is 8.76. The SMILES string of the molecule is CC1(CC23CC(CN2)C3)C=CC=CC1Cc1cc(F)c(-c2cccc(OCc3ccc(C#N)cc3F)n2)cc1F. The number of nitrogens with one attached hydrogen (secondary N) is 1. The average molecular weight is 542 g/mol. The van der Waals surface area contributed by atoms with Crippen LogP contribution in [0.2, 0.25) is 0 Å². The number of allylic oxidation sites excluding steroid dienone is 4. The van der Waals surface area contributed by atoms with Gasteiger partial charge in [-0.05, 0) is 85.4 Å². The van der Waals surface area contributed by atoms with Crippen LogP contribution in [0, 0.1) is 46.0 Å². The highest BCUT2D eigenvalue weighted by molar-refractivity contribution is 5.61. The van der Waals surface area contributed by atoms with E-state index in [-0.39, 0.29) is 51.7 Å². The van der Waals surface area contributed by atoms with Crippen LogP contribution in [0.3, 0.4) is 0 Å². The number of ether oxygens (including phenoxy) is 1. The van der Waals surface area contributed by atoms with Crippen LogP contribution in [-0.4, -0.2) is 17.1 Å². The molecule has 4 nitrogen and oxygen atoms in total. The van der Waals surface area contributed by atoms with Gasteiger partial charge in [0.05, 0.1) is 17.3 Å². The Morgan fingerprint density at radius 2 is 1.85 bits per heavy atom. The number of hydrogen-bond acceptors (Lipinski definition) is 4. The molecule has 204 valence electrons. The third kappa shape index (κ3) is 5.04. The first kappa shape index (κ1) is 26.3. The molecule has 3 heterocycles. The van der Waals surface area contributed by atoms with Crippen molar-refractivity contribution in [1.82, 2.24) is 10.3 Å². The van der Waals surface area contributed by atoms with E-state index in [4.69, 9.17) is 10.00 Å². The van der Waals surface area contributed by atoms with Crippen LogP contribution in [0.15, 0.2) is 72.8 Å². The number of hydrogen-bond donors (Lipinski definition) is 1. The summed E-state index contributed by atoms with van der Waals surface area (Å²) in [7, 11) is 0. The largest absolute Gasteiger partial charge is 0.473 e. The Hall–Kier alpha value is -3.89. The summed E-state index contributed by atoms with van der Waals surface area (Å²) in [6.07, 6.45) is 12.2. The first-order chi connectivity index (χ1) is 19.3. The number of benzene rings is 2. The van der Waals surface area contributed by atoms with Gasteiger partial charge in [-0.25, -0.2) is 18.2 Å². The Bertz CT molecular complexity index is 1550. The molecule has 2 aliphatic heterocycles. The van der Waals surface area contributed by atoms with Crippen molar-refractivity contribution < 1.29 is 17.9 Å². The molecule has 0 amide bonds. The van der Waals surface area contributed by atoms with Crippen LogP contribution in [0.1, 0.15) is 42.9 Å². The molecule has 1 aromatic heterocycles. The fourth-order valence-corrected chi connectivity index (χ4v) is 6.65. The molecule has 2 bridgehead atoms. The molecule has 2 unspecified atom stereocenters. The maximum absolute atomic E-state index is 15.4. The first-order valence-corrected chi connectivity index (χ1v) is 13.6. The molecule has 3 fully saturated rings. The van der Waals surface area contributed by atoms with E-state index in [2.05, 4.69) is 35.5 Å². The van der Waals surface area contributed by atoms with Gasteiger partial charge in [-0.1, -0.05) is 43.4 Å². The average Bonchev–Trinajstić information content (AvgIpc) is 3.51. The molecule has 7 heteroatoms. The van der Waals surface area contributed by atoms with E-state index in [9.17, 15) is 4.39 Å². The number of rotatable bonds is 8. The highest BCUT2D eigenvalue weighted by atomic mass is 19.1. The summed E-state index contributed by atoms with van der Waals surface area (Å²) in [6.45, 7) is 3.18. The second-order valence-electron chi connectivity index (χ2n) is 11.7. The molecule has 3 aromatic rings. The van der Waals surface area contributed by atoms with Gasteiger partial charge in [0.2, 0.25) is 5.88 Å². The number of nitrogens with zero attached hydrogens (tertiary/aromatic N) is 2. The fourth-order valence-electron chi connectivity index (χ4n) is 6.65. The number of nitriles is 1. The number of aromatic nitrogens is 1. The lowest BCUT2D eigenvalue weighted by Crippen LogP contribution is -2.48. The van der Waals surface area contributed by atoms with Crippen LogP contribution in [-0.2, 0) is 13.0 Å². The zero-order valence-corrected chi connectivity index (χ0v) is 22.3. The van der Waals surface area contributed by atoms with Crippen molar-refractivity contribution in [3.8, 4) is 23.2 Å². The van der Waals surface area contributed by atoms with Gasteiger partial charge in [0.25, 0.3) is 0 Å². The summed E-state index contributed by atoms with van der Waals surface area (Å²) in [5.74, 6) is -0.624. The van der Waals surface area contributed by atoms with Gasteiger partial charge >= 0.3 is 0 Å². The van der Waals surface area contributed by atoms with Crippen molar-refractivity contribution in [2.75, 3.05) is 6.54 Å². The lowest BCUT2D eigenvalue weighted by molar-refractivity contribution is 0.127. The lowest BCUT2D eigenvalue weighted by Gasteiger charge is -2.47. The Morgan fingerprint density at radius 3 is 2.60 bits per heavy atom. The van der Waals surface area contributed by atoms with Gasteiger partial charge in [0, 0.05) is 22.7 Å². The zero-order chi connectivity index (χ0) is 27.9. The summed E-state index contributed by atoms with van der Waals surface area (Å²) in [5, 5.41) is 12.6. The molecule has 2 atom stereocenters. The molecular formula is C33H30F3N3O. The third-order valence-electron chi connectivity index (χ3n) is 8.76. The predicted octanol–water partition coefficient (Wildman–Crippen LogP) is 7.05. The minimum absolute atomic E-state index is 0.0349. The minimum Gasteiger partial charge on any atom is -0.473 e. The molecule has 2 saturated heterocycles. The molecule has 1 N–H and O–H groups in total. The number of fused-ring (bicyclic) bond motifs is 1. The van der Waals surface area contributed by atoms with Gasteiger partial charge in [0.1, 0.15) is 24.1 Å². The summed E-state index contributed by atoms with van der Waals surface area (Å²) >= 11 is 0. The summed E-state index contributed by atoms with van der Waals surface area (Å²) in [6, 6.07) is 13.3. The molecule has 1 saturated carbocycles. The van der Waals surface area contributed by atoms with Crippen molar-refractivity contribution in [2.45, 2.75) is 44.8 Å². The van der Waals surface area contributed by atoms with E-state index in [0.717, 1.165) is 24.9 Å². The smallest absolute Gasteiger partial charge is 0.214 e. The summed E-state index contributed by atoms with van der Waals surface area (Å²) in [5.41, 5.74) is 1.08. The van der Waals surface area contributed by atoms with Crippen molar-refractivity contribution in [1.29, 1.82) is 5.26 Å². The summed E-state index contributed by atoms with van der Waals surface area (Å²) < 4.78 is 50.7. The molecule has 2 aliphatic carbocycles. The molecule has 0 radical (unpaired) electrons. The van der Waals surface area contributed by atoms with Crippen LogP contribution in [0.25, 0.3) is 11.3 Å². The van der Waals surface area contributed by atoms with E-state index < -0.39 is 17.5 Å². The van der Waals surface area contributed by atoms with E-state index >= 15 is 8.78 Å². The molecule has 40 heavy (non-hydrogen) atoms. The molecule has 2 aromatic carbocycles. The predicted molar refractivity (Wildman–Crippen MR) is 147 cm³/mol. The molecule has 7 rings (SSSR count). The van der Waals surface area contributed by atoms with Crippen LogP contribution >= 0.6 is 0 Å². The standard InChI is InChI=1S/C33H30F3N3O/c1-32(20-33-15-22(16-33)18-38-33)10-3-2-5-25(32)12-24-13-29(36)26(14-28(24)35)30-6-4-7-31(39-30)40-19-23-9-8-21(17-37)11-27(23)34/h2-11,13-14,22,25,38H,12,15-16,18-20H2,1H3. The first-order valence-electron chi connectivity index (χ1n) is 13.6. The second-order valence-corrected chi connectivity index (χ2v) is 11.7. The molecule has 0 spiro atoms. The van der Waals surface area contributed by atoms with E-state index in [1.807, 2.05) is 12.1 Å². The molecular weight excluding hydrogens is 511 g/mol. The summed E-state index contributed by atoms with van der Waals surface area (Å²) in [4.78, 5) is 4.33. The maximum atomic E-state index is 15.4. The van der Waals surface area contributed by atoms with Gasteiger partial charge < -0.3 is 10.1 Å². The normalized spacial score (nSPS) is 26.4. The van der Waals surface area contributed by atoms with Crippen LogP contribution in [0.4, 0.5) is 13.2 Å². The zero-order valence-electron chi connectivity index (χ0n) is 22.3. The van der Waals surface area contributed by atoms with E-state index in [0.29, 0.717) is 12.0 Å². The highest BCUT2D eigenvalue weighted by Crippen LogP contribution is 2.53. The Balaban J connectivity index is 1.18. The van der Waals surface area contributed by atoms with E-state index in [1.54, 1.807) is 18.2 Å².